The van der Waals surface area contributed by atoms with Gasteiger partial charge in [0.15, 0.2) is 0 Å². The smallest absolute Gasteiger partial charge is 0.0493 e. The molecule has 0 atom stereocenters. The van der Waals surface area contributed by atoms with Crippen LogP contribution in [0.5, 0.6) is 0 Å². The Morgan fingerprint density at radius 3 is 1.93 bits per heavy atom. The molecule has 0 radical (unpaired) electrons. The van der Waals surface area contributed by atoms with Gasteiger partial charge in [-0.15, -0.1) is 42.0 Å². The molecule has 0 aliphatic rings. The van der Waals surface area contributed by atoms with Crippen LogP contribution in [-0.4, -0.2) is 29.5 Å². The van der Waals surface area contributed by atoms with E-state index < -0.39 is 0 Å². The average molecular weight is 592 g/mol. The molecule has 0 saturated heterocycles. The summed E-state index contributed by atoms with van der Waals surface area (Å²) in [4.78, 5) is 8.36. The maximum absolute atomic E-state index is 4.64. The molecule has 150 valence electrons. The molecular weight excluding hydrogens is 576 g/mol. The SMILES string of the molecule is [Cl][Ir+2].[c-]1c(-n2cccn2)cncc1-n1cccn1.[c-]1ccccc1-c1ccccn1. The van der Waals surface area contributed by atoms with E-state index in [1.165, 1.54) is 17.9 Å². The van der Waals surface area contributed by atoms with Gasteiger partial charge in [-0.05, 0) is 35.3 Å². The molecule has 8 heteroatoms. The second-order valence-corrected chi connectivity index (χ2v) is 5.70. The zero-order chi connectivity index (χ0) is 21.0. The molecule has 4 heterocycles. The molecule has 4 aromatic heterocycles. The molecule has 0 bridgehead atoms. The Bertz CT molecular complexity index is 1010. The molecule has 5 rings (SSSR count). The van der Waals surface area contributed by atoms with E-state index in [2.05, 4.69) is 41.9 Å². The third-order valence-corrected chi connectivity index (χ3v) is 3.80. The van der Waals surface area contributed by atoms with Gasteiger partial charge in [-0.2, -0.15) is 10.2 Å². The molecule has 5 aromatic rings. The van der Waals surface area contributed by atoms with E-state index in [4.69, 9.17) is 0 Å². The number of nitrogens with zero attached hydrogens (tertiary/aromatic N) is 6. The minimum absolute atomic E-state index is 0.790. The van der Waals surface area contributed by atoms with E-state index in [9.17, 15) is 0 Å². The third kappa shape index (κ3) is 5.94. The minimum atomic E-state index is 0.790. The number of benzene rings is 1. The summed E-state index contributed by atoms with van der Waals surface area (Å²) in [5, 5.41) is 8.25. The average Bonchev–Trinajstić information content (AvgIpc) is 3.57. The predicted octanol–water partition coefficient (Wildman–Crippen LogP) is 4.49. The van der Waals surface area contributed by atoms with Crippen molar-refractivity contribution in [3.8, 4) is 22.6 Å². The summed E-state index contributed by atoms with van der Waals surface area (Å²) in [5.74, 6) is 0. The topological polar surface area (TPSA) is 61.4 Å². The number of rotatable bonds is 3. The van der Waals surface area contributed by atoms with Crippen LogP contribution in [0.3, 0.4) is 0 Å². The van der Waals surface area contributed by atoms with E-state index in [-0.39, 0.29) is 0 Å². The fourth-order valence-electron chi connectivity index (χ4n) is 2.50. The second-order valence-electron chi connectivity index (χ2n) is 5.70. The number of aromatic nitrogens is 6. The Balaban J connectivity index is 0.000000163. The summed E-state index contributed by atoms with van der Waals surface area (Å²) in [5.41, 5.74) is 3.59. The molecule has 0 fully saturated rings. The van der Waals surface area contributed by atoms with Gasteiger partial charge in [0.2, 0.25) is 0 Å². The van der Waals surface area contributed by atoms with E-state index >= 15 is 0 Å². The molecule has 30 heavy (non-hydrogen) atoms. The zero-order valence-corrected chi connectivity index (χ0v) is 18.8. The molecule has 0 aliphatic heterocycles. The van der Waals surface area contributed by atoms with Gasteiger partial charge in [0.1, 0.15) is 0 Å². The van der Waals surface area contributed by atoms with Crippen LogP contribution in [0.4, 0.5) is 0 Å². The Hall–Kier alpha value is -3.12. The Labute approximate surface area is 189 Å². The van der Waals surface area contributed by atoms with Crippen molar-refractivity contribution >= 4 is 9.58 Å². The predicted molar refractivity (Wildman–Crippen MR) is 112 cm³/mol. The number of halogens is 1. The molecule has 0 saturated carbocycles. The van der Waals surface area contributed by atoms with Gasteiger partial charge in [0.05, 0.1) is 0 Å². The first kappa shape index (κ1) is 21.6. The molecule has 0 unspecified atom stereocenters. The van der Waals surface area contributed by atoms with Crippen LogP contribution in [0.2, 0.25) is 0 Å². The monoisotopic (exact) mass is 592 g/mol. The molecular formula is C22H16ClIrN6. The number of pyridine rings is 2. The Morgan fingerprint density at radius 1 is 0.767 bits per heavy atom. The summed E-state index contributed by atoms with van der Waals surface area (Å²) in [6.45, 7) is 0. The largest absolute Gasteiger partial charge is 0.387 e. The fourth-order valence-corrected chi connectivity index (χ4v) is 2.50. The Morgan fingerprint density at radius 2 is 1.43 bits per heavy atom. The molecule has 1 aromatic carbocycles. The molecule has 6 nitrogen and oxygen atoms in total. The van der Waals surface area contributed by atoms with Crippen LogP contribution < -0.4 is 0 Å². The van der Waals surface area contributed by atoms with Crippen molar-refractivity contribution in [3.05, 3.63) is 110 Å². The molecule has 0 aliphatic carbocycles. The van der Waals surface area contributed by atoms with Gasteiger partial charge in [0, 0.05) is 31.0 Å². The van der Waals surface area contributed by atoms with Crippen molar-refractivity contribution in [3.63, 3.8) is 0 Å². The summed E-state index contributed by atoms with van der Waals surface area (Å²) >= 11 is 1.47. The van der Waals surface area contributed by atoms with Gasteiger partial charge < -0.3 is 9.97 Å². The molecule has 0 N–H and O–H groups in total. The van der Waals surface area contributed by atoms with Crippen LogP contribution >= 0.6 is 9.58 Å². The normalized spacial score (nSPS) is 9.67. The van der Waals surface area contributed by atoms with E-state index in [1.54, 1.807) is 40.3 Å². The fraction of sp³-hybridized carbons (Fsp3) is 0. The maximum atomic E-state index is 4.64. The first-order valence-electron chi connectivity index (χ1n) is 8.78. The van der Waals surface area contributed by atoms with Crippen LogP contribution in [0.15, 0.2) is 98.0 Å². The van der Waals surface area contributed by atoms with E-state index in [1.807, 2.05) is 67.0 Å². The van der Waals surface area contributed by atoms with Crippen molar-refractivity contribution < 1.29 is 17.9 Å². The summed E-state index contributed by atoms with van der Waals surface area (Å²) < 4.78 is 3.42. The van der Waals surface area contributed by atoms with Crippen molar-refractivity contribution in [1.29, 1.82) is 0 Å². The number of hydrogen-bond acceptors (Lipinski definition) is 4. The van der Waals surface area contributed by atoms with Gasteiger partial charge in [-0.3, -0.25) is 9.36 Å². The van der Waals surface area contributed by atoms with Crippen LogP contribution in [-0.2, 0) is 17.9 Å². The number of hydrogen-bond donors (Lipinski definition) is 0. The first-order valence-corrected chi connectivity index (χ1v) is 11.7. The summed E-state index contributed by atoms with van der Waals surface area (Å²) in [6, 6.07) is 23.7. The van der Waals surface area contributed by atoms with Crippen molar-refractivity contribution in [1.82, 2.24) is 29.5 Å². The maximum Gasteiger partial charge on any atom is 0.0493 e. The standard InChI is InChI=1S/C11H8N5.C11H8N.ClH.Ir/c1-3-13-15(5-1)10-7-11(9-12-8-10)16-6-2-4-14-16;1-2-6-10(7-3-1)11-8-4-5-9-12-11;;/h1-6,8-9H;1-6,8-9H;1H;/q2*-1;;+3/p-1. The third-order valence-electron chi connectivity index (χ3n) is 3.80. The van der Waals surface area contributed by atoms with Crippen LogP contribution in [0, 0.1) is 12.1 Å². The molecule has 0 amide bonds. The van der Waals surface area contributed by atoms with Crippen molar-refractivity contribution in [2.45, 2.75) is 0 Å². The van der Waals surface area contributed by atoms with Crippen LogP contribution in [0.1, 0.15) is 0 Å². The minimum Gasteiger partial charge on any atom is -0.387 e. The van der Waals surface area contributed by atoms with Gasteiger partial charge in [0.25, 0.3) is 0 Å². The van der Waals surface area contributed by atoms with Gasteiger partial charge in [-0.25, -0.2) is 0 Å². The van der Waals surface area contributed by atoms with E-state index in [0.717, 1.165) is 22.6 Å². The zero-order valence-electron chi connectivity index (χ0n) is 15.6. The van der Waals surface area contributed by atoms with Gasteiger partial charge in [-0.1, -0.05) is 24.5 Å². The quantitative estimate of drug-likeness (QED) is 0.290. The van der Waals surface area contributed by atoms with Crippen LogP contribution in [0.25, 0.3) is 22.6 Å². The second kappa shape index (κ2) is 11.8. The summed E-state index contributed by atoms with van der Waals surface area (Å²) in [6.07, 6.45) is 12.3. The van der Waals surface area contributed by atoms with Crippen molar-refractivity contribution in [2.24, 2.45) is 0 Å². The molecule has 0 spiro atoms. The first-order chi connectivity index (χ1) is 14.9. The Kier molecular flexibility index (Phi) is 8.47. The summed E-state index contributed by atoms with van der Waals surface area (Å²) in [7, 11) is 4.64. The van der Waals surface area contributed by atoms with Crippen molar-refractivity contribution in [2.75, 3.05) is 0 Å². The van der Waals surface area contributed by atoms with Gasteiger partial charge >= 0.3 is 27.5 Å². The van der Waals surface area contributed by atoms with E-state index in [0.29, 0.717) is 0 Å².